The van der Waals surface area contributed by atoms with Crippen LogP contribution in [-0.4, -0.2) is 41.2 Å². The van der Waals surface area contributed by atoms with Gasteiger partial charge in [0.1, 0.15) is 5.84 Å². The van der Waals surface area contributed by atoms with Crippen molar-refractivity contribution in [1.82, 2.24) is 14.8 Å². The van der Waals surface area contributed by atoms with E-state index in [1.54, 1.807) is 56.3 Å². The number of carbonyl (C=O) groups excluding carboxylic acids is 1. The quantitative estimate of drug-likeness (QED) is 0.499. The molecule has 9 nitrogen and oxygen atoms in total. The number of hydrogen-bond donors (Lipinski definition) is 3. The van der Waals surface area contributed by atoms with Crippen molar-refractivity contribution < 1.29 is 21.6 Å². The van der Waals surface area contributed by atoms with E-state index in [-0.39, 0.29) is 47.9 Å². The van der Waals surface area contributed by atoms with Crippen molar-refractivity contribution >= 4 is 31.8 Å². The Kier molecular flexibility index (Phi) is 7.32. The lowest BCUT2D eigenvalue weighted by atomic mass is 10.1. The fourth-order valence-electron chi connectivity index (χ4n) is 3.28. The fraction of sp³-hybridized carbons (Fsp3) is 0.333. The summed E-state index contributed by atoms with van der Waals surface area (Å²) in [4.78, 5) is 16.7. The minimum absolute atomic E-state index is 0.0583. The van der Waals surface area contributed by atoms with Gasteiger partial charge < -0.3 is 5.32 Å². The lowest BCUT2D eigenvalue weighted by Crippen LogP contribution is -2.32. The third-order valence-corrected chi connectivity index (χ3v) is 7.55. The molecule has 0 radical (unpaired) electrons. The van der Waals surface area contributed by atoms with Crippen LogP contribution >= 0.6 is 0 Å². The van der Waals surface area contributed by atoms with Gasteiger partial charge in [-0.3, -0.25) is 14.5 Å². The SMILES string of the molecule is CC(C)NS(=O)(=O)Cc1ccccc1CNC(=O)CCN=C1NS(=O)(=O)c2ccccc21. The van der Waals surface area contributed by atoms with Gasteiger partial charge in [0.15, 0.2) is 0 Å². The summed E-state index contributed by atoms with van der Waals surface area (Å²) in [7, 11) is -7.10. The van der Waals surface area contributed by atoms with Gasteiger partial charge in [0.25, 0.3) is 10.0 Å². The van der Waals surface area contributed by atoms with Gasteiger partial charge in [-0.05, 0) is 37.1 Å². The van der Waals surface area contributed by atoms with Crippen LogP contribution in [0.5, 0.6) is 0 Å². The van der Waals surface area contributed by atoms with Crippen molar-refractivity contribution in [2.24, 2.45) is 4.99 Å². The Balaban J connectivity index is 1.57. The number of amides is 1. The Labute approximate surface area is 188 Å². The van der Waals surface area contributed by atoms with Crippen LogP contribution in [0.2, 0.25) is 0 Å². The molecule has 0 aromatic heterocycles. The maximum absolute atomic E-state index is 12.3. The summed E-state index contributed by atoms with van der Waals surface area (Å²) >= 11 is 0. The fourth-order valence-corrected chi connectivity index (χ4v) is 6.02. The molecule has 1 aliphatic heterocycles. The average molecular weight is 479 g/mol. The number of nitrogens with one attached hydrogen (secondary N) is 3. The summed E-state index contributed by atoms with van der Waals surface area (Å²) in [5.74, 6) is -0.229. The Morgan fingerprint density at radius 1 is 1.06 bits per heavy atom. The minimum Gasteiger partial charge on any atom is -0.352 e. The lowest BCUT2D eigenvalue weighted by molar-refractivity contribution is -0.121. The summed E-state index contributed by atoms with van der Waals surface area (Å²) < 4.78 is 53.6. The number of rotatable bonds is 9. The van der Waals surface area contributed by atoms with Crippen molar-refractivity contribution in [1.29, 1.82) is 0 Å². The predicted molar refractivity (Wildman–Crippen MR) is 122 cm³/mol. The van der Waals surface area contributed by atoms with Crippen molar-refractivity contribution in [2.75, 3.05) is 6.54 Å². The highest BCUT2D eigenvalue weighted by Crippen LogP contribution is 2.22. The molecule has 1 aliphatic rings. The Bertz CT molecular complexity index is 1240. The van der Waals surface area contributed by atoms with Crippen molar-refractivity contribution in [3.8, 4) is 0 Å². The number of aliphatic imine (C=N–C) groups is 1. The highest BCUT2D eigenvalue weighted by atomic mass is 32.2. The first kappa shape index (κ1) is 23.9. The summed E-state index contributed by atoms with van der Waals surface area (Å²) in [5, 5.41) is 2.76. The van der Waals surface area contributed by atoms with Crippen LogP contribution in [0.15, 0.2) is 58.4 Å². The van der Waals surface area contributed by atoms with Crippen LogP contribution in [0.25, 0.3) is 0 Å². The minimum atomic E-state index is -3.61. The van der Waals surface area contributed by atoms with E-state index in [4.69, 9.17) is 0 Å². The maximum Gasteiger partial charge on any atom is 0.263 e. The van der Waals surface area contributed by atoms with Gasteiger partial charge in [-0.2, -0.15) is 0 Å². The molecule has 0 saturated heterocycles. The van der Waals surface area contributed by atoms with E-state index >= 15 is 0 Å². The van der Waals surface area contributed by atoms with Crippen molar-refractivity contribution in [3.05, 3.63) is 65.2 Å². The first-order valence-electron chi connectivity index (χ1n) is 10.1. The second-order valence-corrected chi connectivity index (χ2v) is 11.1. The second kappa shape index (κ2) is 9.80. The number of benzene rings is 2. The van der Waals surface area contributed by atoms with Crippen LogP contribution in [0.1, 0.15) is 37.0 Å². The molecule has 11 heteroatoms. The molecule has 0 atom stereocenters. The van der Waals surface area contributed by atoms with Gasteiger partial charge >= 0.3 is 0 Å². The summed E-state index contributed by atoms with van der Waals surface area (Å²) in [6.45, 7) is 3.79. The van der Waals surface area contributed by atoms with E-state index in [0.29, 0.717) is 16.7 Å². The number of amidine groups is 1. The van der Waals surface area contributed by atoms with Gasteiger partial charge in [-0.25, -0.2) is 21.6 Å². The van der Waals surface area contributed by atoms with E-state index in [2.05, 4.69) is 19.8 Å². The van der Waals surface area contributed by atoms with E-state index in [9.17, 15) is 21.6 Å². The standard InChI is InChI=1S/C21H26N4O5S2/c1-15(2)24-31(27,28)14-17-8-4-3-7-16(17)13-23-20(26)11-12-22-21-18-9-5-6-10-19(18)32(29,30)25-21/h3-10,15,24H,11-14H2,1-2H3,(H,22,25)(H,23,26). The third-order valence-electron chi connectivity index (χ3n) is 4.63. The highest BCUT2D eigenvalue weighted by molar-refractivity contribution is 7.90. The molecule has 2 aromatic rings. The molecule has 0 unspecified atom stereocenters. The van der Waals surface area contributed by atoms with Gasteiger partial charge in [0.2, 0.25) is 15.9 Å². The van der Waals surface area contributed by atoms with Gasteiger partial charge in [0, 0.05) is 24.6 Å². The zero-order valence-electron chi connectivity index (χ0n) is 17.8. The lowest BCUT2D eigenvalue weighted by Gasteiger charge is -2.13. The molecule has 1 heterocycles. The zero-order valence-corrected chi connectivity index (χ0v) is 19.5. The normalized spacial score (nSPS) is 16.0. The monoisotopic (exact) mass is 478 g/mol. The van der Waals surface area contributed by atoms with E-state index in [0.717, 1.165) is 0 Å². The largest absolute Gasteiger partial charge is 0.352 e. The van der Waals surface area contributed by atoms with E-state index < -0.39 is 20.0 Å². The third kappa shape index (κ3) is 6.15. The van der Waals surface area contributed by atoms with E-state index in [1.165, 1.54) is 6.07 Å². The zero-order chi connectivity index (χ0) is 23.4. The number of nitrogens with zero attached hydrogens (tertiary/aromatic N) is 1. The first-order chi connectivity index (χ1) is 15.1. The van der Waals surface area contributed by atoms with Crippen LogP contribution < -0.4 is 14.8 Å². The molecule has 0 saturated carbocycles. The van der Waals surface area contributed by atoms with Gasteiger partial charge in [0.05, 0.1) is 17.2 Å². The van der Waals surface area contributed by atoms with Crippen molar-refractivity contribution in [3.63, 3.8) is 0 Å². The van der Waals surface area contributed by atoms with E-state index in [1.807, 2.05) is 0 Å². The average Bonchev–Trinajstić information content (AvgIpc) is 2.96. The van der Waals surface area contributed by atoms with Gasteiger partial charge in [-0.1, -0.05) is 36.4 Å². The molecule has 32 heavy (non-hydrogen) atoms. The van der Waals surface area contributed by atoms with Gasteiger partial charge in [-0.15, -0.1) is 0 Å². The molecule has 172 valence electrons. The molecule has 2 aromatic carbocycles. The molecular weight excluding hydrogens is 452 g/mol. The maximum atomic E-state index is 12.3. The second-order valence-electron chi connectivity index (χ2n) is 7.66. The van der Waals surface area contributed by atoms with Crippen LogP contribution in [0.4, 0.5) is 0 Å². The smallest absolute Gasteiger partial charge is 0.263 e. The molecule has 1 amide bonds. The Morgan fingerprint density at radius 3 is 2.44 bits per heavy atom. The highest BCUT2D eigenvalue weighted by Gasteiger charge is 2.29. The molecule has 3 N–H and O–H groups in total. The Hall–Kier alpha value is -2.76. The molecule has 0 fully saturated rings. The molecule has 0 aliphatic carbocycles. The summed E-state index contributed by atoms with van der Waals surface area (Å²) in [6.07, 6.45) is 0.0583. The summed E-state index contributed by atoms with van der Waals surface area (Å²) in [6, 6.07) is 13.3. The number of sulfonamides is 2. The van der Waals surface area contributed by atoms with Crippen molar-refractivity contribution in [2.45, 2.75) is 43.5 Å². The summed E-state index contributed by atoms with van der Waals surface area (Å²) in [5.41, 5.74) is 1.80. The number of fused-ring (bicyclic) bond motifs is 1. The topological polar surface area (TPSA) is 134 Å². The molecule has 0 bridgehead atoms. The van der Waals surface area contributed by atoms with Crippen LogP contribution in [0.3, 0.4) is 0 Å². The molecule has 0 spiro atoms. The molecule has 3 rings (SSSR count). The first-order valence-corrected chi connectivity index (χ1v) is 13.2. The van der Waals surface area contributed by atoms with Crippen LogP contribution in [-0.2, 0) is 37.1 Å². The number of hydrogen-bond acceptors (Lipinski definition) is 6. The Morgan fingerprint density at radius 2 is 1.72 bits per heavy atom. The predicted octanol–water partition coefficient (Wildman–Crippen LogP) is 1.26. The number of carbonyl (C=O) groups is 1. The van der Waals surface area contributed by atoms with Crippen LogP contribution in [0, 0.1) is 0 Å². The molecular formula is C21H26N4O5S2.